The van der Waals surface area contributed by atoms with Crippen molar-refractivity contribution < 1.29 is 34.4 Å². The van der Waals surface area contributed by atoms with E-state index in [1.807, 2.05) is 41.5 Å². The molecule has 0 aromatic rings. The van der Waals surface area contributed by atoms with E-state index in [0.29, 0.717) is 44.1 Å². The summed E-state index contributed by atoms with van der Waals surface area (Å²) in [5.41, 5.74) is -2.82. The van der Waals surface area contributed by atoms with Crippen LogP contribution in [0.25, 0.3) is 0 Å². The van der Waals surface area contributed by atoms with Gasteiger partial charge in [-0.1, -0.05) is 34.6 Å². The highest BCUT2D eigenvalue weighted by molar-refractivity contribution is 5.82. The van der Waals surface area contributed by atoms with Crippen LogP contribution in [0, 0.1) is 45.3 Å². The average Bonchev–Trinajstić information content (AvgIpc) is 3.57. The van der Waals surface area contributed by atoms with Gasteiger partial charge in [-0.25, -0.2) is 9.59 Å². The van der Waals surface area contributed by atoms with E-state index in [-0.39, 0.29) is 51.7 Å². The van der Waals surface area contributed by atoms with Gasteiger partial charge in [0.2, 0.25) is 0 Å². The monoisotopic (exact) mass is 676 g/mol. The van der Waals surface area contributed by atoms with Gasteiger partial charge < -0.3 is 24.8 Å². The molecule has 4 saturated carbocycles. The van der Waals surface area contributed by atoms with E-state index in [2.05, 4.69) is 34.6 Å². The molecule has 0 spiro atoms. The van der Waals surface area contributed by atoms with Crippen LogP contribution in [0.3, 0.4) is 0 Å². The zero-order valence-corrected chi connectivity index (χ0v) is 32.2. The van der Waals surface area contributed by atoms with Gasteiger partial charge in [0.15, 0.2) is 0 Å². The lowest BCUT2D eigenvalue weighted by atomic mass is 9.35. The summed E-state index contributed by atoms with van der Waals surface area (Å²) in [5, 5.41) is 33.8. The number of fused-ring (bicyclic) bond motifs is 5. The quantitative estimate of drug-likeness (QED) is 0.238. The Hall–Kier alpha value is -1.38. The van der Waals surface area contributed by atoms with E-state index in [4.69, 9.17) is 9.47 Å². The molecule has 5 fully saturated rings. The van der Waals surface area contributed by atoms with Crippen LogP contribution in [0.2, 0.25) is 0 Å². The van der Waals surface area contributed by atoms with Gasteiger partial charge in [-0.05, 0) is 158 Å². The second kappa shape index (κ2) is 12.4. The van der Waals surface area contributed by atoms with Gasteiger partial charge in [0.1, 0.15) is 17.7 Å². The summed E-state index contributed by atoms with van der Waals surface area (Å²) < 4.78 is 12.4. The van der Waals surface area contributed by atoms with Crippen LogP contribution in [0.4, 0.5) is 4.79 Å². The fourth-order valence-corrected chi connectivity index (χ4v) is 12.4. The van der Waals surface area contributed by atoms with Gasteiger partial charge in [-0.2, -0.15) is 0 Å². The van der Waals surface area contributed by atoms with Crippen LogP contribution >= 0.6 is 0 Å². The topological polar surface area (TPSA) is 117 Å². The standard InChI is InChI=1S/C40H69NO7/c1-34(2,3)48-33(44)41-23-12-14-26(41)32(43)47-27-24-29-37(8)20-17-30(42)36(6,7)28(37)16-22-38(29,9)39(10)21-15-25(31(27)39)40(11,46)19-13-18-35(4,5)45/h25-31,42,45-46H,12-24H2,1-11H3/t25-,26-,27+,28-,29+,30-,31-,37-,38+,39+,40+/m0/s1. The number of carbonyl (C=O) groups is 2. The van der Waals surface area contributed by atoms with Crippen LogP contribution in [0.1, 0.15) is 153 Å². The predicted molar refractivity (Wildman–Crippen MR) is 187 cm³/mol. The number of hydrogen-bond donors (Lipinski definition) is 3. The smallest absolute Gasteiger partial charge is 0.411 e. The number of hydrogen-bond acceptors (Lipinski definition) is 7. The van der Waals surface area contributed by atoms with E-state index in [1.165, 1.54) is 0 Å². The molecule has 276 valence electrons. The summed E-state index contributed by atoms with van der Waals surface area (Å²) in [4.78, 5) is 29.0. The van der Waals surface area contributed by atoms with Gasteiger partial charge in [-0.15, -0.1) is 0 Å². The molecular formula is C40H69NO7. The van der Waals surface area contributed by atoms with Crippen LogP contribution in [-0.2, 0) is 14.3 Å². The van der Waals surface area contributed by atoms with Crippen molar-refractivity contribution in [3.63, 3.8) is 0 Å². The van der Waals surface area contributed by atoms with E-state index in [9.17, 15) is 24.9 Å². The lowest BCUT2D eigenvalue weighted by Gasteiger charge is -2.70. The van der Waals surface area contributed by atoms with E-state index in [0.717, 1.165) is 51.4 Å². The third-order valence-corrected chi connectivity index (χ3v) is 15.0. The number of likely N-dealkylation sites (tertiary alicyclic amines) is 1. The van der Waals surface area contributed by atoms with Crippen LogP contribution in [0.5, 0.6) is 0 Å². The number of aliphatic hydroxyl groups excluding tert-OH is 1. The Balaban J connectivity index is 1.50. The molecule has 3 N–H and O–H groups in total. The molecule has 1 saturated heterocycles. The molecule has 48 heavy (non-hydrogen) atoms. The Bertz CT molecular complexity index is 1220. The second-order valence-electron chi connectivity index (χ2n) is 20.1. The summed E-state index contributed by atoms with van der Waals surface area (Å²) in [6.45, 7) is 23.4. The molecule has 0 aromatic carbocycles. The molecule has 1 heterocycles. The normalized spacial score (nSPS) is 42.3. The lowest BCUT2D eigenvalue weighted by Crippen LogP contribution is -2.67. The van der Waals surface area contributed by atoms with Crippen molar-refractivity contribution in [2.24, 2.45) is 45.3 Å². The summed E-state index contributed by atoms with van der Waals surface area (Å²) in [6.07, 6.45) is 8.43. The minimum Gasteiger partial charge on any atom is -0.461 e. The third kappa shape index (κ3) is 6.46. The molecule has 1 aliphatic heterocycles. The molecular weight excluding hydrogens is 606 g/mol. The molecule has 0 unspecified atom stereocenters. The number of amides is 1. The van der Waals surface area contributed by atoms with Gasteiger partial charge in [-0.3, -0.25) is 4.90 Å². The van der Waals surface area contributed by atoms with Crippen molar-refractivity contribution in [2.75, 3.05) is 6.54 Å². The highest BCUT2D eigenvalue weighted by Crippen LogP contribution is 2.76. The third-order valence-electron chi connectivity index (χ3n) is 15.0. The number of aliphatic hydroxyl groups is 3. The van der Waals surface area contributed by atoms with Crippen molar-refractivity contribution >= 4 is 12.1 Å². The number of rotatable bonds is 7. The maximum absolute atomic E-state index is 14.3. The predicted octanol–water partition coefficient (Wildman–Crippen LogP) is 7.65. The van der Waals surface area contributed by atoms with Crippen molar-refractivity contribution in [3.05, 3.63) is 0 Å². The molecule has 0 bridgehead atoms. The minimum atomic E-state index is -0.977. The van der Waals surface area contributed by atoms with Gasteiger partial charge in [0.05, 0.1) is 17.3 Å². The summed E-state index contributed by atoms with van der Waals surface area (Å²) in [5.74, 6) is 0.222. The lowest BCUT2D eigenvalue weighted by molar-refractivity contribution is -0.251. The zero-order valence-electron chi connectivity index (χ0n) is 32.2. The van der Waals surface area contributed by atoms with E-state index in [1.54, 1.807) is 4.90 Å². The molecule has 11 atom stereocenters. The molecule has 5 rings (SSSR count). The Kier molecular flexibility index (Phi) is 9.77. The van der Waals surface area contributed by atoms with Crippen LogP contribution < -0.4 is 0 Å². The molecule has 8 heteroatoms. The first kappa shape index (κ1) is 37.9. The first-order chi connectivity index (χ1) is 21.9. The summed E-state index contributed by atoms with van der Waals surface area (Å²) >= 11 is 0. The molecule has 4 aliphatic carbocycles. The highest BCUT2D eigenvalue weighted by Gasteiger charge is 2.72. The van der Waals surface area contributed by atoms with E-state index >= 15 is 0 Å². The largest absolute Gasteiger partial charge is 0.461 e. The Morgan fingerprint density at radius 3 is 2.10 bits per heavy atom. The maximum atomic E-state index is 14.3. The highest BCUT2D eigenvalue weighted by atomic mass is 16.6. The minimum absolute atomic E-state index is 0.0158. The Labute approximate surface area is 291 Å². The van der Waals surface area contributed by atoms with Crippen molar-refractivity contribution in [1.82, 2.24) is 4.90 Å². The first-order valence-electron chi connectivity index (χ1n) is 19.2. The summed E-state index contributed by atoms with van der Waals surface area (Å²) in [7, 11) is 0. The number of ether oxygens (including phenoxy) is 2. The SMILES string of the molecule is CC(C)(O)CCC[C@@](C)(O)[C@H]1CC[C@]2(C)[C@@H]1[C@H](OC(=O)[C@@H]1CCCN1C(=O)OC(C)(C)C)C[C@@H]1[C@@]3(C)CC[C@H](O)C(C)(C)[C@@H]3CC[C@]12C. The van der Waals surface area contributed by atoms with E-state index < -0.39 is 28.9 Å². The second-order valence-corrected chi connectivity index (χ2v) is 20.1. The van der Waals surface area contributed by atoms with Gasteiger partial charge >= 0.3 is 12.1 Å². The Morgan fingerprint density at radius 2 is 1.48 bits per heavy atom. The average molecular weight is 676 g/mol. The zero-order chi connectivity index (χ0) is 35.9. The van der Waals surface area contributed by atoms with Crippen molar-refractivity contribution in [3.8, 4) is 0 Å². The van der Waals surface area contributed by atoms with Crippen LogP contribution in [-0.4, -0.2) is 73.9 Å². The fraction of sp³-hybridized carbons (Fsp3) is 0.950. The first-order valence-corrected chi connectivity index (χ1v) is 19.2. The van der Waals surface area contributed by atoms with Gasteiger partial charge in [0, 0.05) is 12.5 Å². The number of carbonyl (C=O) groups excluding carboxylic acids is 2. The number of esters is 1. The fourth-order valence-electron chi connectivity index (χ4n) is 12.4. The molecule has 0 aromatic heterocycles. The molecule has 0 radical (unpaired) electrons. The van der Waals surface area contributed by atoms with Crippen molar-refractivity contribution in [1.29, 1.82) is 0 Å². The summed E-state index contributed by atoms with van der Waals surface area (Å²) in [6, 6.07) is -0.676. The van der Waals surface area contributed by atoms with Crippen LogP contribution in [0.15, 0.2) is 0 Å². The molecule has 5 aliphatic rings. The van der Waals surface area contributed by atoms with Crippen molar-refractivity contribution in [2.45, 2.75) is 188 Å². The molecule has 1 amide bonds. The number of nitrogens with zero attached hydrogens (tertiary/aromatic N) is 1. The molecule has 8 nitrogen and oxygen atoms in total. The maximum Gasteiger partial charge on any atom is 0.411 e. The van der Waals surface area contributed by atoms with Gasteiger partial charge in [0.25, 0.3) is 0 Å². The Morgan fingerprint density at radius 1 is 0.833 bits per heavy atom.